The van der Waals surface area contributed by atoms with Gasteiger partial charge in [-0.15, -0.1) is 0 Å². The summed E-state index contributed by atoms with van der Waals surface area (Å²) in [6, 6.07) is 13.6. The maximum absolute atomic E-state index is 2.39. The van der Waals surface area contributed by atoms with Crippen molar-refractivity contribution in [3.05, 3.63) is 99.7 Å². The largest absolute Gasteiger partial charge is 0.0760 e. The van der Waals surface area contributed by atoms with E-state index in [0.717, 1.165) is 0 Å². The van der Waals surface area contributed by atoms with Crippen LogP contribution in [0.25, 0.3) is 5.57 Å². The van der Waals surface area contributed by atoms with Crippen LogP contribution in [0.2, 0.25) is 0 Å². The molecule has 0 amide bonds. The van der Waals surface area contributed by atoms with Gasteiger partial charge in [-0.2, -0.15) is 0 Å². The third kappa shape index (κ3) is 1.33. The summed E-state index contributed by atoms with van der Waals surface area (Å²) < 4.78 is 0. The molecule has 6 rings (SSSR count). The maximum Gasteiger partial charge on any atom is 0.0208 e. The molecule has 4 aliphatic carbocycles. The fourth-order valence-electron chi connectivity index (χ4n) is 4.62. The second kappa shape index (κ2) is 4.10. The van der Waals surface area contributed by atoms with Gasteiger partial charge in [-0.25, -0.2) is 0 Å². The highest BCUT2D eigenvalue weighted by atomic mass is 14.4. The van der Waals surface area contributed by atoms with Gasteiger partial charge in [0, 0.05) is 11.8 Å². The Hall–Kier alpha value is -2.34. The molecular weight excluding hydrogens is 264 g/mol. The van der Waals surface area contributed by atoms with Gasteiger partial charge < -0.3 is 0 Å². The van der Waals surface area contributed by atoms with Gasteiger partial charge in [-0.1, -0.05) is 60.7 Å². The lowest BCUT2D eigenvalue weighted by Crippen LogP contribution is -2.29. The predicted octanol–water partition coefficient (Wildman–Crippen LogP) is 5.31. The molecule has 0 heterocycles. The van der Waals surface area contributed by atoms with Gasteiger partial charge in [0.05, 0.1) is 0 Å². The van der Waals surface area contributed by atoms with Crippen LogP contribution in [0, 0.1) is 19.8 Å². The molecule has 0 aromatic heterocycles. The summed E-state index contributed by atoms with van der Waals surface area (Å²) in [7, 11) is 0. The summed E-state index contributed by atoms with van der Waals surface area (Å²) in [5, 5.41) is 0. The van der Waals surface area contributed by atoms with Crippen LogP contribution in [0.3, 0.4) is 0 Å². The SMILES string of the molecule is Cc1ccc(C)c2c1C1=C3C=CC=CC3C2c2ccccc21. The Morgan fingerprint density at radius 2 is 1.68 bits per heavy atom. The molecule has 0 fully saturated rings. The van der Waals surface area contributed by atoms with Gasteiger partial charge in [-0.05, 0) is 58.4 Å². The number of benzene rings is 2. The van der Waals surface area contributed by atoms with E-state index in [-0.39, 0.29) is 0 Å². The standard InChI is InChI=1S/C22H18/c1-13-11-12-14(2)20-19(13)21-15-7-3-5-9-17(15)22(20)18-10-6-4-8-16(18)21/h3-12,15,21H,1-2H3. The molecule has 0 aliphatic heterocycles. The van der Waals surface area contributed by atoms with Crippen molar-refractivity contribution in [1.82, 2.24) is 0 Å². The van der Waals surface area contributed by atoms with E-state index in [4.69, 9.17) is 0 Å². The third-order valence-corrected chi connectivity index (χ3v) is 5.51. The zero-order valence-corrected chi connectivity index (χ0v) is 12.9. The van der Waals surface area contributed by atoms with E-state index in [1.807, 2.05) is 0 Å². The van der Waals surface area contributed by atoms with E-state index in [1.165, 1.54) is 39.0 Å². The van der Waals surface area contributed by atoms with E-state index in [1.54, 1.807) is 5.56 Å². The summed E-state index contributed by atoms with van der Waals surface area (Å²) in [4.78, 5) is 0. The first-order valence-corrected chi connectivity index (χ1v) is 8.06. The first kappa shape index (κ1) is 12.2. The molecule has 0 spiro atoms. The lowest BCUT2D eigenvalue weighted by atomic mass is 9.59. The van der Waals surface area contributed by atoms with E-state index in [0.29, 0.717) is 11.8 Å². The van der Waals surface area contributed by atoms with Crippen LogP contribution in [0.1, 0.15) is 39.3 Å². The lowest BCUT2D eigenvalue weighted by Gasteiger charge is -2.44. The Bertz CT molecular complexity index is 906. The minimum Gasteiger partial charge on any atom is -0.0760 e. The maximum atomic E-state index is 2.39. The summed E-state index contributed by atoms with van der Waals surface area (Å²) in [6.45, 7) is 4.52. The molecule has 2 unspecified atom stereocenters. The number of allylic oxidation sites excluding steroid dienone is 5. The molecule has 106 valence electrons. The summed E-state index contributed by atoms with van der Waals surface area (Å²) in [5.41, 5.74) is 11.8. The number of hydrogen-bond donors (Lipinski definition) is 0. The minimum absolute atomic E-state index is 0.472. The van der Waals surface area contributed by atoms with Gasteiger partial charge >= 0.3 is 0 Å². The fourth-order valence-corrected chi connectivity index (χ4v) is 4.62. The molecule has 0 saturated heterocycles. The Kier molecular flexibility index (Phi) is 2.28. The molecule has 0 heteroatoms. The average Bonchev–Trinajstić information content (AvgIpc) is 2.58. The fraction of sp³-hybridized carbons (Fsp3) is 0.182. The van der Waals surface area contributed by atoms with E-state index >= 15 is 0 Å². The van der Waals surface area contributed by atoms with Gasteiger partial charge in [0.15, 0.2) is 0 Å². The summed E-state index contributed by atoms with van der Waals surface area (Å²) in [6.07, 6.45) is 9.12. The topological polar surface area (TPSA) is 0 Å². The Morgan fingerprint density at radius 1 is 0.864 bits per heavy atom. The van der Waals surface area contributed by atoms with E-state index in [2.05, 4.69) is 74.5 Å². The van der Waals surface area contributed by atoms with Crippen LogP contribution < -0.4 is 0 Å². The molecule has 22 heavy (non-hydrogen) atoms. The normalized spacial score (nSPS) is 23.4. The Morgan fingerprint density at radius 3 is 2.59 bits per heavy atom. The monoisotopic (exact) mass is 282 g/mol. The molecule has 2 atom stereocenters. The smallest absolute Gasteiger partial charge is 0.0208 e. The molecular formula is C22H18. The van der Waals surface area contributed by atoms with Crippen molar-refractivity contribution in [2.75, 3.05) is 0 Å². The number of rotatable bonds is 0. The molecule has 2 bridgehead atoms. The van der Waals surface area contributed by atoms with E-state index < -0.39 is 0 Å². The quantitative estimate of drug-likeness (QED) is 0.614. The second-order valence-corrected chi connectivity index (χ2v) is 6.65. The van der Waals surface area contributed by atoms with Crippen molar-refractivity contribution in [1.29, 1.82) is 0 Å². The van der Waals surface area contributed by atoms with Crippen molar-refractivity contribution in [2.24, 2.45) is 5.92 Å². The van der Waals surface area contributed by atoms with Gasteiger partial charge in [-0.3, -0.25) is 0 Å². The predicted molar refractivity (Wildman–Crippen MR) is 92.0 cm³/mol. The van der Waals surface area contributed by atoms with E-state index in [9.17, 15) is 0 Å². The van der Waals surface area contributed by atoms with Gasteiger partial charge in [0.25, 0.3) is 0 Å². The molecule has 4 aliphatic rings. The first-order valence-electron chi connectivity index (χ1n) is 8.06. The van der Waals surface area contributed by atoms with Crippen LogP contribution in [0.5, 0.6) is 0 Å². The van der Waals surface area contributed by atoms with Crippen molar-refractivity contribution in [2.45, 2.75) is 19.8 Å². The van der Waals surface area contributed by atoms with Crippen molar-refractivity contribution >= 4 is 5.57 Å². The van der Waals surface area contributed by atoms with Crippen molar-refractivity contribution in [3.63, 3.8) is 0 Å². The minimum atomic E-state index is 0.472. The zero-order chi connectivity index (χ0) is 14.8. The molecule has 0 N–H and O–H groups in total. The summed E-state index contributed by atoms with van der Waals surface area (Å²) in [5.74, 6) is 0.975. The van der Waals surface area contributed by atoms with Gasteiger partial charge in [0.2, 0.25) is 0 Å². The van der Waals surface area contributed by atoms with Crippen LogP contribution in [-0.4, -0.2) is 0 Å². The molecule has 0 saturated carbocycles. The molecule has 0 nitrogen and oxygen atoms in total. The zero-order valence-electron chi connectivity index (χ0n) is 12.9. The Balaban J connectivity index is 1.98. The summed E-state index contributed by atoms with van der Waals surface area (Å²) >= 11 is 0. The molecule has 2 aromatic rings. The number of hydrogen-bond acceptors (Lipinski definition) is 0. The number of aryl methyl sites for hydroxylation is 2. The first-order chi connectivity index (χ1) is 10.8. The highest BCUT2D eigenvalue weighted by Gasteiger charge is 2.42. The lowest BCUT2D eigenvalue weighted by molar-refractivity contribution is 0.628. The highest BCUT2D eigenvalue weighted by molar-refractivity contribution is 5.95. The van der Waals surface area contributed by atoms with Crippen LogP contribution in [0.15, 0.2) is 66.3 Å². The van der Waals surface area contributed by atoms with Crippen LogP contribution in [0.4, 0.5) is 0 Å². The molecule has 0 radical (unpaired) electrons. The third-order valence-electron chi connectivity index (χ3n) is 5.51. The average molecular weight is 282 g/mol. The highest BCUT2D eigenvalue weighted by Crippen LogP contribution is 2.57. The van der Waals surface area contributed by atoms with Crippen molar-refractivity contribution in [3.8, 4) is 0 Å². The Labute approximate surface area is 131 Å². The second-order valence-electron chi connectivity index (χ2n) is 6.65. The van der Waals surface area contributed by atoms with Gasteiger partial charge in [0.1, 0.15) is 0 Å². The van der Waals surface area contributed by atoms with Crippen LogP contribution >= 0.6 is 0 Å². The van der Waals surface area contributed by atoms with Crippen molar-refractivity contribution < 1.29 is 0 Å². The molecule has 2 aromatic carbocycles. The van der Waals surface area contributed by atoms with Crippen LogP contribution in [-0.2, 0) is 0 Å².